The van der Waals surface area contributed by atoms with E-state index in [1.165, 1.54) is 11.8 Å². The molecule has 1 saturated heterocycles. The number of hydrogen-bond donors (Lipinski definition) is 2. The van der Waals surface area contributed by atoms with E-state index in [0.717, 1.165) is 49.8 Å². The normalized spacial score (nSPS) is 16.5. The molecule has 2 N–H and O–H groups in total. The highest BCUT2D eigenvalue weighted by Crippen LogP contribution is 2.22. The standard InChI is InChI=1S/C22H33FN6O/c1-17-14-18(2)29(27-17)9-5-8-25-22(24-3)26-16-21(28-10-12-30-13-11-28)19-6-4-7-20(23)15-19/h4,6-7,14-15,21H,5,8-13,16H2,1-3H3,(H2,24,25,26). The summed E-state index contributed by atoms with van der Waals surface area (Å²) in [7, 11) is 1.77. The van der Waals surface area contributed by atoms with E-state index < -0.39 is 0 Å². The zero-order valence-corrected chi connectivity index (χ0v) is 18.2. The molecule has 3 rings (SSSR count). The lowest BCUT2D eigenvalue weighted by Crippen LogP contribution is -2.46. The van der Waals surface area contributed by atoms with E-state index in [4.69, 9.17) is 4.74 Å². The molecule has 0 amide bonds. The summed E-state index contributed by atoms with van der Waals surface area (Å²) in [6, 6.07) is 8.99. The van der Waals surface area contributed by atoms with Gasteiger partial charge >= 0.3 is 0 Å². The van der Waals surface area contributed by atoms with Crippen LogP contribution in [0.4, 0.5) is 4.39 Å². The van der Waals surface area contributed by atoms with E-state index >= 15 is 0 Å². The van der Waals surface area contributed by atoms with Crippen LogP contribution < -0.4 is 10.6 Å². The minimum Gasteiger partial charge on any atom is -0.379 e. The lowest BCUT2D eigenvalue weighted by atomic mass is 10.0. The van der Waals surface area contributed by atoms with Gasteiger partial charge in [0.1, 0.15) is 5.82 Å². The minimum absolute atomic E-state index is 0.0536. The van der Waals surface area contributed by atoms with Gasteiger partial charge in [-0.1, -0.05) is 12.1 Å². The van der Waals surface area contributed by atoms with E-state index in [-0.39, 0.29) is 11.9 Å². The second-order valence-corrected chi connectivity index (χ2v) is 7.60. The molecule has 1 aromatic carbocycles. The average molecular weight is 417 g/mol. The van der Waals surface area contributed by atoms with Gasteiger partial charge in [-0.05, 0) is 44.0 Å². The highest BCUT2D eigenvalue weighted by molar-refractivity contribution is 5.79. The summed E-state index contributed by atoms with van der Waals surface area (Å²) in [5.74, 6) is 0.537. The predicted octanol–water partition coefficient (Wildman–Crippen LogP) is 2.27. The molecule has 164 valence electrons. The molecule has 7 nitrogen and oxygen atoms in total. The predicted molar refractivity (Wildman–Crippen MR) is 117 cm³/mol. The number of aliphatic imine (C=N–C) groups is 1. The smallest absolute Gasteiger partial charge is 0.191 e. The van der Waals surface area contributed by atoms with Crippen molar-refractivity contribution in [3.63, 3.8) is 0 Å². The van der Waals surface area contributed by atoms with E-state index in [9.17, 15) is 4.39 Å². The molecule has 2 heterocycles. The first-order valence-corrected chi connectivity index (χ1v) is 10.6. The highest BCUT2D eigenvalue weighted by Gasteiger charge is 2.23. The Hall–Kier alpha value is -2.45. The first-order valence-electron chi connectivity index (χ1n) is 10.6. The summed E-state index contributed by atoms with van der Waals surface area (Å²) in [6.45, 7) is 9.44. The van der Waals surface area contributed by atoms with Crippen molar-refractivity contribution in [3.8, 4) is 0 Å². The van der Waals surface area contributed by atoms with Crippen LogP contribution in [-0.4, -0.2) is 67.1 Å². The Morgan fingerprint density at radius 1 is 1.23 bits per heavy atom. The SMILES string of the molecule is CN=C(NCCCn1nc(C)cc1C)NCC(c1cccc(F)c1)N1CCOCC1. The van der Waals surface area contributed by atoms with Crippen LogP contribution in [0.5, 0.6) is 0 Å². The Morgan fingerprint density at radius 2 is 2.03 bits per heavy atom. The number of nitrogens with zero attached hydrogens (tertiary/aromatic N) is 4. The van der Waals surface area contributed by atoms with Gasteiger partial charge in [0, 0.05) is 45.5 Å². The van der Waals surface area contributed by atoms with Crippen molar-refractivity contribution >= 4 is 5.96 Å². The fraction of sp³-hybridized carbons (Fsp3) is 0.545. The molecule has 0 bridgehead atoms. The van der Waals surface area contributed by atoms with Gasteiger partial charge in [-0.15, -0.1) is 0 Å². The number of guanidine groups is 1. The number of rotatable bonds is 8. The molecule has 1 aromatic heterocycles. The number of aryl methyl sites for hydroxylation is 3. The molecule has 0 radical (unpaired) electrons. The molecular weight excluding hydrogens is 383 g/mol. The summed E-state index contributed by atoms with van der Waals surface area (Å²) in [5, 5.41) is 11.3. The number of morpholine rings is 1. The Morgan fingerprint density at radius 3 is 2.70 bits per heavy atom. The van der Waals surface area contributed by atoms with Crippen molar-refractivity contribution in [1.29, 1.82) is 0 Å². The second-order valence-electron chi connectivity index (χ2n) is 7.60. The zero-order valence-electron chi connectivity index (χ0n) is 18.2. The molecule has 0 saturated carbocycles. The summed E-state index contributed by atoms with van der Waals surface area (Å²) in [4.78, 5) is 6.67. The Kier molecular flexibility index (Phi) is 8.21. The van der Waals surface area contributed by atoms with Gasteiger partial charge in [0.15, 0.2) is 5.96 Å². The van der Waals surface area contributed by atoms with Crippen molar-refractivity contribution < 1.29 is 9.13 Å². The number of benzene rings is 1. The molecule has 0 aliphatic carbocycles. The summed E-state index contributed by atoms with van der Waals surface area (Å²) in [5.41, 5.74) is 3.19. The average Bonchev–Trinajstić information content (AvgIpc) is 3.07. The third-order valence-corrected chi connectivity index (χ3v) is 5.35. The van der Waals surface area contributed by atoms with Gasteiger partial charge in [-0.3, -0.25) is 14.6 Å². The summed E-state index contributed by atoms with van der Waals surface area (Å²) >= 11 is 0. The number of hydrogen-bond acceptors (Lipinski definition) is 4. The molecule has 1 unspecified atom stereocenters. The highest BCUT2D eigenvalue weighted by atomic mass is 19.1. The van der Waals surface area contributed by atoms with Crippen molar-refractivity contribution in [3.05, 3.63) is 53.1 Å². The van der Waals surface area contributed by atoms with Gasteiger partial charge in [0.25, 0.3) is 0 Å². The maximum Gasteiger partial charge on any atom is 0.191 e. The van der Waals surface area contributed by atoms with Crippen LogP contribution in [0.25, 0.3) is 0 Å². The maximum atomic E-state index is 13.8. The molecule has 1 aliphatic rings. The number of halogens is 1. The van der Waals surface area contributed by atoms with Gasteiger partial charge in [-0.2, -0.15) is 5.10 Å². The number of nitrogens with one attached hydrogen (secondary N) is 2. The number of ether oxygens (including phenoxy) is 1. The Bertz CT molecular complexity index is 831. The van der Waals surface area contributed by atoms with Crippen molar-refractivity contribution in [2.24, 2.45) is 4.99 Å². The van der Waals surface area contributed by atoms with E-state index in [1.807, 2.05) is 17.7 Å². The largest absolute Gasteiger partial charge is 0.379 e. The third-order valence-electron chi connectivity index (χ3n) is 5.35. The molecule has 8 heteroatoms. The molecule has 1 fully saturated rings. The van der Waals surface area contributed by atoms with Crippen LogP contribution >= 0.6 is 0 Å². The molecule has 30 heavy (non-hydrogen) atoms. The van der Waals surface area contributed by atoms with E-state index in [0.29, 0.717) is 19.8 Å². The molecule has 1 aliphatic heterocycles. The number of aromatic nitrogens is 2. The van der Waals surface area contributed by atoms with Crippen LogP contribution in [0, 0.1) is 19.7 Å². The van der Waals surface area contributed by atoms with Crippen molar-refractivity contribution in [2.75, 3.05) is 46.4 Å². The van der Waals surface area contributed by atoms with Crippen LogP contribution in [0.2, 0.25) is 0 Å². The van der Waals surface area contributed by atoms with Gasteiger partial charge < -0.3 is 15.4 Å². The van der Waals surface area contributed by atoms with Gasteiger partial charge in [0.2, 0.25) is 0 Å². The zero-order chi connectivity index (χ0) is 21.3. The fourth-order valence-corrected chi connectivity index (χ4v) is 3.81. The van der Waals surface area contributed by atoms with Crippen LogP contribution in [-0.2, 0) is 11.3 Å². The quantitative estimate of drug-likeness (QED) is 0.393. The topological polar surface area (TPSA) is 66.7 Å². The third kappa shape index (κ3) is 6.27. The van der Waals surface area contributed by atoms with Crippen LogP contribution in [0.3, 0.4) is 0 Å². The van der Waals surface area contributed by atoms with Gasteiger partial charge in [0.05, 0.1) is 24.9 Å². The fourth-order valence-electron chi connectivity index (χ4n) is 3.81. The first kappa shape index (κ1) is 22.2. The van der Waals surface area contributed by atoms with Crippen LogP contribution in [0.15, 0.2) is 35.3 Å². The first-order chi connectivity index (χ1) is 14.6. The Labute approximate surface area is 178 Å². The minimum atomic E-state index is -0.211. The van der Waals surface area contributed by atoms with E-state index in [1.54, 1.807) is 19.2 Å². The maximum absolute atomic E-state index is 13.8. The van der Waals surface area contributed by atoms with Crippen molar-refractivity contribution in [2.45, 2.75) is 32.9 Å². The summed E-state index contributed by atoms with van der Waals surface area (Å²) in [6.07, 6.45) is 0.944. The Balaban J connectivity index is 1.53. The molecule has 0 spiro atoms. The molecule has 2 aromatic rings. The van der Waals surface area contributed by atoms with Crippen molar-refractivity contribution in [1.82, 2.24) is 25.3 Å². The molecular formula is C22H33FN6O. The second kappa shape index (κ2) is 11.1. The van der Waals surface area contributed by atoms with Gasteiger partial charge in [-0.25, -0.2) is 4.39 Å². The summed E-state index contributed by atoms with van der Waals surface area (Å²) < 4.78 is 21.4. The lowest BCUT2D eigenvalue weighted by molar-refractivity contribution is 0.0169. The van der Waals surface area contributed by atoms with E-state index in [2.05, 4.69) is 38.6 Å². The molecule has 1 atom stereocenters. The monoisotopic (exact) mass is 416 g/mol. The van der Waals surface area contributed by atoms with Crippen LogP contribution in [0.1, 0.15) is 29.4 Å². The lowest BCUT2D eigenvalue weighted by Gasteiger charge is -2.35.